The number of hydrogen-bond acceptors (Lipinski definition) is 4. The third kappa shape index (κ3) is 6.06. The highest BCUT2D eigenvalue weighted by atomic mass is 19.3. The van der Waals surface area contributed by atoms with Gasteiger partial charge in [-0.05, 0) is 53.9 Å². The third-order valence-corrected chi connectivity index (χ3v) is 5.14. The maximum atomic E-state index is 12.8. The van der Waals surface area contributed by atoms with Crippen molar-refractivity contribution in [3.63, 3.8) is 0 Å². The van der Waals surface area contributed by atoms with E-state index in [0.29, 0.717) is 36.3 Å². The fourth-order valence-corrected chi connectivity index (χ4v) is 3.62. The van der Waals surface area contributed by atoms with Crippen molar-refractivity contribution in [2.75, 3.05) is 17.2 Å². The smallest absolute Gasteiger partial charge is 0.387 e. The van der Waals surface area contributed by atoms with Gasteiger partial charge in [-0.2, -0.15) is 8.78 Å². The van der Waals surface area contributed by atoms with Gasteiger partial charge in [0.1, 0.15) is 11.5 Å². The molecule has 3 aromatic carbocycles. The van der Waals surface area contributed by atoms with Crippen molar-refractivity contribution in [3.05, 3.63) is 83.4 Å². The molecule has 1 aliphatic heterocycles. The number of amides is 2. The van der Waals surface area contributed by atoms with E-state index in [1.54, 1.807) is 24.3 Å². The van der Waals surface area contributed by atoms with Gasteiger partial charge in [-0.15, -0.1) is 0 Å². The molecule has 0 radical (unpaired) electrons. The molecular formula is C25H22F2N2O4. The second-order valence-corrected chi connectivity index (χ2v) is 7.57. The molecule has 170 valence electrons. The maximum absolute atomic E-state index is 12.8. The van der Waals surface area contributed by atoms with Crippen LogP contribution in [0, 0.1) is 0 Å². The monoisotopic (exact) mass is 452 g/mol. The van der Waals surface area contributed by atoms with E-state index in [4.69, 9.17) is 4.74 Å². The van der Waals surface area contributed by atoms with Gasteiger partial charge in [0.15, 0.2) is 6.61 Å². The molecule has 8 heteroatoms. The lowest BCUT2D eigenvalue weighted by Gasteiger charge is -2.17. The van der Waals surface area contributed by atoms with Crippen LogP contribution in [-0.4, -0.2) is 25.0 Å². The first-order valence-electron chi connectivity index (χ1n) is 10.4. The lowest BCUT2D eigenvalue weighted by molar-refractivity contribution is -0.118. The summed E-state index contributed by atoms with van der Waals surface area (Å²) in [5.74, 6) is 0.163. The number of nitrogens with one attached hydrogen (secondary N) is 2. The average Bonchev–Trinajstić information content (AvgIpc) is 2.80. The molecule has 1 heterocycles. The van der Waals surface area contributed by atoms with Crippen molar-refractivity contribution in [1.82, 2.24) is 0 Å². The summed E-state index contributed by atoms with van der Waals surface area (Å²) in [6.07, 6.45) is 1.39. The van der Waals surface area contributed by atoms with E-state index < -0.39 is 12.5 Å². The Hall–Kier alpha value is -3.94. The molecular weight excluding hydrogens is 430 g/mol. The Balaban J connectivity index is 1.41. The molecule has 0 aliphatic carbocycles. The highest BCUT2D eigenvalue weighted by Gasteiger charge is 2.16. The van der Waals surface area contributed by atoms with Gasteiger partial charge in [0, 0.05) is 29.8 Å². The second-order valence-electron chi connectivity index (χ2n) is 7.57. The molecule has 0 fully saturated rings. The van der Waals surface area contributed by atoms with Crippen molar-refractivity contribution in [3.8, 4) is 11.5 Å². The minimum atomic E-state index is -2.95. The zero-order chi connectivity index (χ0) is 23.2. The van der Waals surface area contributed by atoms with Crippen LogP contribution >= 0.6 is 0 Å². The minimum Gasteiger partial charge on any atom is -0.484 e. The SMILES string of the molecule is O=C(COc1ccc2c(c1)CCC(=O)N2)Nc1ccc(OC(F)F)c(Cc2ccccc2)c1. The van der Waals surface area contributed by atoms with E-state index in [2.05, 4.69) is 15.4 Å². The number of aryl methyl sites for hydroxylation is 1. The predicted molar refractivity (Wildman–Crippen MR) is 120 cm³/mol. The highest BCUT2D eigenvalue weighted by molar-refractivity contribution is 5.94. The number of anilines is 2. The van der Waals surface area contributed by atoms with Crippen LogP contribution in [0.3, 0.4) is 0 Å². The van der Waals surface area contributed by atoms with Crippen LogP contribution in [0.4, 0.5) is 20.2 Å². The number of alkyl halides is 2. The molecule has 0 atom stereocenters. The van der Waals surface area contributed by atoms with E-state index in [1.807, 2.05) is 30.3 Å². The Labute approximate surface area is 189 Å². The van der Waals surface area contributed by atoms with Crippen LogP contribution in [0.15, 0.2) is 66.7 Å². The van der Waals surface area contributed by atoms with Gasteiger partial charge in [0.05, 0.1) is 0 Å². The zero-order valence-electron chi connectivity index (χ0n) is 17.6. The summed E-state index contributed by atoms with van der Waals surface area (Å²) in [6, 6.07) is 19.1. The Morgan fingerprint density at radius 1 is 1.03 bits per heavy atom. The topological polar surface area (TPSA) is 76.7 Å². The van der Waals surface area contributed by atoms with E-state index >= 15 is 0 Å². The Kier molecular flexibility index (Phi) is 6.83. The number of benzene rings is 3. The average molecular weight is 452 g/mol. The molecule has 0 aromatic heterocycles. The first-order chi connectivity index (χ1) is 16.0. The van der Waals surface area contributed by atoms with Gasteiger partial charge in [-0.25, -0.2) is 0 Å². The number of ether oxygens (including phenoxy) is 2. The van der Waals surface area contributed by atoms with Gasteiger partial charge in [0.25, 0.3) is 5.91 Å². The second kappa shape index (κ2) is 10.1. The summed E-state index contributed by atoms with van der Waals surface area (Å²) in [5, 5.41) is 5.52. The molecule has 1 aliphatic rings. The number of halogens is 2. The Bertz CT molecular complexity index is 1150. The van der Waals surface area contributed by atoms with Crippen molar-refractivity contribution in [2.45, 2.75) is 25.9 Å². The highest BCUT2D eigenvalue weighted by Crippen LogP contribution is 2.28. The summed E-state index contributed by atoms with van der Waals surface area (Å²) in [6.45, 7) is -3.17. The number of carbonyl (C=O) groups excluding carboxylic acids is 2. The van der Waals surface area contributed by atoms with Crippen molar-refractivity contribution >= 4 is 23.2 Å². The van der Waals surface area contributed by atoms with Crippen LogP contribution in [0.25, 0.3) is 0 Å². The van der Waals surface area contributed by atoms with Gasteiger partial charge in [0.2, 0.25) is 5.91 Å². The fraction of sp³-hybridized carbons (Fsp3) is 0.200. The predicted octanol–water partition coefficient (Wildman–Crippen LogP) is 4.78. The lowest BCUT2D eigenvalue weighted by atomic mass is 10.0. The van der Waals surface area contributed by atoms with Crippen LogP contribution in [-0.2, 0) is 22.4 Å². The summed E-state index contributed by atoms with van der Waals surface area (Å²) < 4.78 is 35.8. The summed E-state index contributed by atoms with van der Waals surface area (Å²) in [4.78, 5) is 23.9. The molecule has 6 nitrogen and oxygen atoms in total. The Morgan fingerprint density at radius 3 is 2.64 bits per heavy atom. The molecule has 4 rings (SSSR count). The standard InChI is InChI=1S/C25H22F2N2O4/c26-25(27)33-22-10-7-19(13-18(22)12-16-4-2-1-3-5-16)28-24(31)15-32-20-8-9-21-17(14-20)6-11-23(30)29-21/h1-5,7-10,13-14,25H,6,11-12,15H2,(H,28,31)(H,29,30). The molecule has 0 spiro atoms. The summed E-state index contributed by atoms with van der Waals surface area (Å²) in [5.41, 5.74) is 3.60. The minimum absolute atomic E-state index is 0.0212. The van der Waals surface area contributed by atoms with Crippen molar-refractivity contribution < 1.29 is 27.8 Å². The van der Waals surface area contributed by atoms with E-state index in [0.717, 1.165) is 16.8 Å². The normalized spacial score (nSPS) is 12.6. The molecule has 3 aromatic rings. The molecule has 0 saturated heterocycles. The zero-order valence-corrected chi connectivity index (χ0v) is 17.6. The molecule has 0 unspecified atom stereocenters. The molecule has 33 heavy (non-hydrogen) atoms. The number of hydrogen-bond donors (Lipinski definition) is 2. The number of rotatable bonds is 8. The van der Waals surface area contributed by atoms with Gasteiger partial charge < -0.3 is 20.1 Å². The van der Waals surface area contributed by atoms with E-state index in [1.165, 1.54) is 12.1 Å². The quantitative estimate of drug-likeness (QED) is 0.516. The van der Waals surface area contributed by atoms with Gasteiger partial charge in [-0.3, -0.25) is 9.59 Å². The van der Waals surface area contributed by atoms with Crippen LogP contribution in [0.1, 0.15) is 23.1 Å². The fourth-order valence-electron chi connectivity index (χ4n) is 3.62. The number of fused-ring (bicyclic) bond motifs is 1. The van der Waals surface area contributed by atoms with Gasteiger partial charge >= 0.3 is 6.61 Å². The first-order valence-corrected chi connectivity index (χ1v) is 10.4. The van der Waals surface area contributed by atoms with Crippen LogP contribution in [0.5, 0.6) is 11.5 Å². The first kappa shape index (κ1) is 22.3. The van der Waals surface area contributed by atoms with E-state index in [9.17, 15) is 18.4 Å². The number of carbonyl (C=O) groups is 2. The maximum Gasteiger partial charge on any atom is 0.387 e. The summed E-state index contributed by atoms with van der Waals surface area (Å²) >= 11 is 0. The van der Waals surface area contributed by atoms with Crippen LogP contribution < -0.4 is 20.1 Å². The van der Waals surface area contributed by atoms with Crippen LogP contribution in [0.2, 0.25) is 0 Å². The van der Waals surface area contributed by atoms with Crippen molar-refractivity contribution in [1.29, 1.82) is 0 Å². The molecule has 0 saturated carbocycles. The lowest BCUT2D eigenvalue weighted by Crippen LogP contribution is -2.21. The third-order valence-electron chi connectivity index (χ3n) is 5.14. The van der Waals surface area contributed by atoms with Gasteiger partial charge in [-0.1, -0.05) is 30.3 Å². The van der Waals surface area contributed by atoms with E-state index in [-0.39, 0.29) is 18.3 Å². The summed E-state index contributed by atoms with van der Waals surface area (Å²) in [7, 11) is 0. The Morgan fingerprint density at radius 2 is 1.85 bits per heavy atom. The molecule has 0 bridgehead atoms. The van der Waals surface area contributed by atoms with Crippen molar-refractivity contribution in [2.24, 2.45) is 0 Å². The largest absolute Gasteiger partial charge is 0.484 e. The molecule has 2 amide bonds. The molecule has 2 N–H and O–H groups in total.